The van der Waals surface area contributed by atoms with Gasteiger partial charge >= 0.3 is 0 Å². The predicted molar refractivity (Wildman–Crippen MR) is 55.8 cm³/mol. The minimum Gasteiger partial charge on any atom is -0.381 e. The third-order valence-electron chi connectivity index (χ3n) is 2.39. The maximum Gasteiger partial charge on any atom is 0.159 e. The topological polar surface area (TPSA) is 9.23 Å². The molecule has 84 valence electrons. The Labute approximate surface area is 89.1 Å². The molecule has 15 heavy (non-hydrogen) atoms. The molecule has 0 amide bonds. The SMILES string of the molecule is CCCC(Cc1ccc(F)c(F)c1)OC. The Morgan fingerprint density at radius 2 is 2.00 bits per heavy atom. The van der Waals surface area contributed by atoms with E-state index >= 15 is 0 Å². The van der Waals surface area contributed by atoms with Gasteiger partial charge < -0.3 is 4.74 Å². The summed E-state index contributed by atoms with van der Waals surface area (Å²) < 4.78 is 30.8. The second-order valence-corrected chi connectivity index (χ2v) is 3.60. The van der Waals surface area contributed by atoms with Crippen molar-refractivity contribution in [1.29, 1.82) is 0 Å². The second kappa shape index (κ2) is 5.81. The minimum absolute atomic E-state index is 0.0832. The van der Waals surface area contributed by atoms with E-state index in [2.05, 4.69) is 6.92 Å². The van der Waals surface area contributed by atoms with E-state index in [0.717, 1.165) is 24.5 Å². The fraction of sp³-hybridized carbons (Fsp3) is 0.500. The van der Waals surface area contributed by atoms with Gasteiger partial charge in [-0.05, 0) is 30.5 Å². The molecule has 1 aromatic rings. The molecule has 0 aliphatic heterocycles. The maximum atomic E-state index is 12.9. The molecule has 0 N–H and O–H groups in total. The van der Waals surface area contributed by atoms with Gasteiger partial charge in [-0.1, -0.05) is 19.4 Å². The Morgan fingerprint density at radius 3 is 2.53 bits per heavy atom. The van der Waals surface area contributed by atoms with Crippen LogP contribution in [0.15, 0.2) is 18.2 Å². The van der Waals surface area contributed by atoms with Crippen LogP contribution in [-0.2, 0) is 11.2 Å². The van der Waals surface area contributed by atoms with Crippen molar-refractivity contribution in [2.45, 2.75) is 32.3 Å². The molecular weight excluding hydrogens is 198 g/mol. The van der Waals surface area contributed by atoms with Crippen molar-refractivity contribution in [3.63, 3.8) is 0 Å². The highest BCUT2D eigenvalue weighted by atomic mass is 19.2. The van der Waals surface area contributed by atoms with E-state index in [1.54, 1.807) is 13.2 Å². The molecule has 0 aliphatic carbocycles. The number of halogens is 2. The van der Waals surface area contributed by atoms with E-state index in [1.165, 1.54) is 6.07 Å². The van der Waals surface area contributed by atoms with Crippen LogP contribution in [0, 0.1) is 11.6 Å². The van der Waals surface area contributed by atoms with Gasteiger partial charge in [-0.3, -0.25) is 0 Å². The van der Waals surface area contributed by atoms with Crippen molar-refractivity contribution in [3.8, 4) is 0 Å². The average Bonchev–Trinajstić information content (AvgIpc) is 2.23. The van der Waals surface area contributed by atoms with Crippen LogP contribution in [-0.4, -0.2) is 13.2 Å². The van der Waals surface area contributed by atoms with Crippen molar-refractivity contribution in [2.24, 2.45) is 0 Å². The molecule has 0 saturated carbocycles. The van der Waals surface area contributed by atoms with Gasteiger partial charge in [0, 0.05) is 7.11 Å². The van der Waals surface area contributed by atoms with Gasteiger partial charge in [0.2, 0.25) is 0 Å². The molecule has 0 aromatic heterocycles. The predicted octanol–water partition coefficient (Wildman–Crippen LogP) is 3.32. The zero-order valence-corrected chi connectivity index (χ0v) is 9.09. The van der Waals surface area contributed by atoms with Crippen LogP contribution in [0.1, 0.15) is 25.3 Å². The molecule has 1 unspecified atom stereocenters. The molecule has 3 heteroatoms. The third kappa shape index (κ3) is 3.59. The molecule has 0 spiro atoms. The van der Waals surface area contributed by atoms with Gasteiger partial charge in [0.1, 0.15) is 0 Å². The normalized spacial score (nSPS) is 12.8. The molecule has 0 aliphatic rings. The van der Waals surface area contributed by atoms with Gasteiger partial charge in [0.05, 0.1) is 6.10 Å². The summed E-state index contributed by atoms with van der Waals surface area (Å²) in [6.07, 6.45) is 2.65. The van der Waals surface area contributed by atoms with Gasteiger partial charge in [0.15, 0.2) is 11.6 Å². The summed E-state index contributed by atoms with van der Waals surface area (Å²) >= 11 is 0. The second-order valence-electron chi connectivity index (χ2n) is 3.60. The van der Waals surface area contributed by atoms with Gasteiger partial charge in [-0.2, -0.15) is 0 Å². The van der Waals surface area contributed by atoms with E-state index in [4.69, 9.17) is 4.74 Å². The lowest BCUT2D eigenvalue weighted by Gasteiger charge is -2.14. The van der Waals surface area contributed by atoms with Crippen molar-refractivity contribution < 1.29 is 13.5 Å². The van der Waals surface area contributed by atoms with Crippen LogP contribution < -0.4 is 0 Å². The molecule has 1 nitrogen and oxygen atoms in total. The lowest BCUT2D eigenvalue weighted by Crippen LogP contribution is -2.13. The van der Waals surface area contributed by atoms with Crippen molar-refractivity contribution in [2.75, 3.05) is 7.11 Å². The first-order valence-corrected chi connectivity index (χ1v) is 5.14. The summed E-state index contributed by atoms with van der Waals surface area (Å²) in [6, 6.07) is 3.99. The smallest absolute Gasteiger partial charge is 0.159 e. The summed E-state index contributed by atoms with van der Waals surface area (Å²) in [6.45, 7) is 2.07. The Morgan fingerprint density at radius 1 is 1.27 bits per heavy atom. The standard InChI is InChI=1S/C12H16F2O/c1-3-4-10(15-2)7-9-5-6-11(13)12(14)8-9/h5-6,8,10H,3-4,7H2,1-2H3. The fourth-order valence-corrected chi connectivity index (χ4v) is 1.55. The Kier molecular flexibility index (Phi) is 4.69. The van der Waals surface area contributed by atoms with E-state index < -0.39 is 11.6 Å². The molecule has 0 fully saturated rings. The minimum atomic E-state index is -0.803. The quantitative estimate of drug-likeness (QED) is 0.730. The summed E-state index contributed by atoms with van der Waals surface area (Å²) in [4.78, 5) is 0. The maximum absolute atomic E-state index is 12.9. The highest BCUT2D eigenvalue weighted by Gasteiger charge is 2.09. The van der Waals surface area contributed by atoms with E-state index in [9.17, 15) is 8.78 Å². The summed E-state index contributed by atoms with van der Waals surface area (Å²) in [7, 11) is 1.64. The largest absolute Gasteiger partial charge is 0.381 e. The van der Waals surface area contributed by atoms with E-state index in [0.29, 0.717) is 6.42 Å². The molecule has 0 heterocycles. The molecule has 1 rings (SSSR count). The molecule has 1 atom stereocenters. The molecule has 0 saturated heterocycles. The number of rotatable bonds is 5. The summed E-state index contributed by atoms with van der Waals surface area (Å²) in [5.74, 6) is -1.60. The van der Waals surface area contributed by atoms with Crippen LogP contribution in [0.4, 0.5) is 8.78 Å². The van der Waals surface area contributed by atoms with E-state index in [-0.39, 0.29) is 6.10 Å². The Balaban J connectivity index is 2.66. The number of hydrogen-bond donors (Lipinski definition) is 0. The lowest BCUT2D eigenvalue weighted by atomic mass is 10.0. The number of ether oxygens (including phenoxy) is 1. The molecule has 0 bridgehead atoms. The van der Waals surface area contributed by atoms with Crippen molar-refractivity contribution in [3.05, 3.63) is 35.4 Å². The zero-order valence-electron chi connectivity index (χ0n) is 9.09. The van der Waals surface area contributed by atoms with Crippen LogP contribution in [0.5, 0.6) is 0 Å². The van der Waals surface area contributed by atoms with Crippen LogP contribution in [0.2, 0.25) is 0 Å². The summed E-state index contributed by atoms with van der Waals surface area (Å²) in [5.41, 5.74) is 0.772. The van der Waals surface area contributed by atoms with Gasteiger partial charge in [-0.25, -0.2) is 8.78 Å². The number of benzene rings is 1. The Bertz CT molecular complexity index is 312. The van der Waals surface area contributed by atoms with Gasteiger partial charge in [0.25, 0.3) is 0 Å². The number of hydrogen-bond acceptors (Lipinski definition) is 1. The number of methoxy groups -OCH3 is 1. The molecule has 0 radical (unpaired) electrons. The van der Waals surface area contributed by atoms with Crippen molar-refractivity contribution >= 4 is 0 Å². The monoisotopic (exact) mass is 214 g/mol. The highest BCUT2D eigenvalue weighted by molar-refractivity contribution is 5.18. The first-order chi connectivity index (χ1) is 7.17. The lowest BCUT2D eigenvalue weighted by molar-refractivity contribution is 0.0948. The molecule has 1 aromatic carbocycles. The average molecular weight is 214 g/mol. The third-order valence-corrected chi connectivity index (χ3v) is 2.39. The van der Waals surface area contributed by atoms with Crippen LogP contribution in [0.3, 0.4) is 0 Å². The first-order valence-electron chi connectivity index (χ1n) is 5.14. The van der Waals surface area contributed by atoms with E-state index in [1.807, 2.05) is 0 Å². The summed E-state index contributed by atoms with van der Waals surface area (Å²) in [5, 5.41) is 0. The molecular formula is C12H16F2O. The highest BCUT2D eigenvalue weighted by Crippen LogP contribution is 2.13. The fourth-order valence-electron chi connectivity index (χ4n) is 1.55. The van der Waals surface area contributed by atoms with Crippen molar-refractivity contribution in [1.82, 2.24) is 0 Å². The van der Waals surface area contributed by atoms with Crippen LogP contribution in [0.25, 0.3) is 0 Å². The Hall–Kier alpha value is -0.960. The zero-order chi connectivity index (χ0) is 11.3. The van der Waals surface area contributed by atoms with Crippen LogP contribution >= 0.6 is 0 Å². The first kappa shape index (κ1) is 12.1. The van der Waals surface area contributed by atoms with Gasteiger partial charge in [-0.15, -0.1) is 0 Å².